The molecule has 2 heterocycles. The number of nitrogens with zero attached hydrogens (tertiary/aromatic N) is 3. The predicted molar refractivity (Wildman–Crippen MR) is 114 cm³/mol. The van der Waals surface area contributed by atoms with Crippen molar-refractivity contribution in [3.63, 3.8) is 0 Å². The molecule has 0 saturated carbocycles. The third-order valence-corrected chi connectivity index (χ3v) is 5.16. The number of halogens is 2. The van der Waals surface area contributed by atoms with E-state index in [4.69, 9.17) is 9.47 Å². The van der Waals surface area contributed by atoms with Gasteiger partial charge in [0.05, 0.1) is 18.8 Å². The maximum absolute atomic E-state index is 13.6. The van der Waals surface area contributed by atoms with E-state index in [9.17, 15) is 13.6 Å². The van der Waals surface area contributed by atoms with Crippen molar-refractivity contribution < 1.29 is 23.0 Å². The van der Waals surface area contributed by atoms with Crippen molar-refractivity contribution in [3.05, 3.63) is 83.1 Å². The average Bonchev–Trinajstić information content (AvgIpc) is 3.13. The monoisotopic (exact) mass is 441 g/mol. The second-order valence-electron chi connectivity index (χ2n) is 8.06. The Morgan fingerprint density at radius 2 is 1.69 bits per heavy atom. The zero-order chi connectivity index (χ0) is 22.7. The molecule has 8 heteroatoms. The highest BCUT2D eigenvalue weighted by Crippen LogP contribution is 2.23. The first-order valence-electron chi connectivity index (χ1n) is 10.5. The zero-order valence-electron chi connectivity index (χ0n) is 18.0. The molecule has 0 bridgehead atoms. The van der Waals surface area contributed by atoms with E-state index < -0.39 is 0 Å². The van der Waals surface area contributed by atoms with E-state index in [1.165, 1.54) is 24.3 Å². The fraction of sp³-hybridized carbons (Fsp3) is 0.333. The van der Waals surface area contributed by atoms with Gasteiger partial charge in [-0.05, 0) is 49.2 Å². The Hall–Kier alpha value is -3.26. The van der Waals surface area contributed by atoms with Crippen LogP contribution < -0.4 is 4.74 Å². The van der Waals surface area contributed by atoms with E-state index in [0.717, 1.165) is 0 Å². The maximum Gasteiger partial charge on any atom is 0.261 e. The zero-order valence-corrected chi connectivity index (χ0v) is 18.0. The lowest BCUT2D eigenvalue weighted by molar-refractivity contribution is -0.0586. The summed E-state index contributed by atoms with van der Waals surface area (Å²) in [5, 5.41) is 4.43. The topological polar surface area (TPSA) is 56.6 Å². The van der Waals surface area contributed by atoms with Gasteiger partial charge in [0.15, 0.2) is 0 Å². The van der Waals surface area contributed by atoms with E-state index in [0.29, 0.717) is 29.8 Å². The number of carbonyl (C=O) groups excluding carboxylic acids is 1. The molecule has 0 N–H and O–H groups in total. The van der Waals surface area contributed by atoms with Gasteiger partial charge in [0, 0.05) is 19.3 Å². The minimum atomic E-state index is -0.365. The second kappa shape index (κ2) is 9.48. The summed E-state index contributed by atoms with van der Waals surface area (Å²) < 4.78 is 40.2. The van der Waals surface area contributed by atoms with Gasteiger partial charge in [-0.1, -0.05) is 24.3 Å². The van der Waals surface area contributed by atoms with Crippen molar-refractivity contribution in [1.29, 1.82) is 0 Å². The summed E-state index contributed by atoms with van der Waals surface area (Å²) in [7, 11) is 0. The summed E-state index contributed by atoms with van der Waals surface area (Å²) in [5.41, 5.74) is 1.63. The Balaban J connectivity index is 1.59. The van der Waals surface area contributed by atoms with E-state index >= 15 is 0 Å². The van der Waals surface area contributed by atoms with Gasteiger partial charge >= 0.3 is 0 Å². The number of carbonyl (C=O) groups is 1. The first kappa shape index (κ1) is 22.0. The summed E-state index contributed by atoms with van der Waals surface area (Å²) in [6.07, 6.45) is 1.45. The van der Waals surface area contributed by atoms with Gasteiger partial charge in [0.1, 0.15) is 23.8 Å². The molecule has 1 amide bonds. The number of aromatic nitrogens is 2. The number of benzene rings is 2. The molecule has 2 unspecified atom stereocenters. The molecule has 0 aliphatic carbocycles. The SMILES string of the molecule is CC1CN(C(=O)c2cn(Cc3cccc(F)c3)nc2OCc2cccc(F)c2)CC(C)O1. The van der Waals surface area contributed by atoms with E-state index in [-0.39, 0.29) is 48.8 Å². The number of rotatable bonds is 6. The first-order chi connectivity index (χ1) is 15.4. The normalized spacial score (nSPS) is 18.6. The molecule has 0 radical (unpaired) electrons. The molecular formula is C24H25F2N3O3. The average molecular weight is 441 g/mol. The van der Waals surface area contributed by atoms with Crippen LogP contribution in [-0.2, 0) is 17.9 Å². The standard InChI is InChI=1S/C24H25F2N3O3/c1-16-11-28(12-17(2)32-16)24(30)22-14-29(13-18-5-3-7-20(25)9-18)27-23(22)31-15-19-6-4-8-21(26)10-19/h3-10,14,16-17H,11-13,15H2,1-2H3. The molecule has 0 spiro atoms. The maximum atomic E-state index is 13.6. The molecular weight excluding hydrogens is 416 g/mol. The van der Waals surface area contributed by atoms with Crippen molar-refractivity contribution in [2.75, 3.05) is 13.1 Å². The molecule has 4 rings (SSSR count). The van der Waals surface area contributed by atoms with Crippen LogP contribution in [0.4, 0.5) is 8.78 Å². The van der Waals surface area contributed by atoms with Crippen LogP contribution in [0.3, 0.4) is 0 Å². The van der Waals surface area contributed by atoms with Gasteiger partial charge in [-0.15, -0.1) is 5.10 Å². The molecule has 1 aromatic heterocycles. The van der Waals surface area contributed by atoms with Gasteiger partial charge in [-0.2, -0.15) is 0 Å². The second-order valence-corrected chi connectivity index (χ2v) is 8.06. The van der Waals surface area contributed by atoms with Crippen LogP contribution >= 0.6 is 0 Å². The minimum Gasteiger partial charge on any atom is -0.471 e. The van der Waals surface area contributed by atoms with Crippen LogP contribution in [-0.4, -0.2) is 45.9 Å². The fourth-order valence-electron chi connectivity index (χ4n) is 3.85. The summed E-state index contributed by atoms with van der Waals surface area (Å²) in [6.45, 7) is 5.10. The molecule has 2 aromatic carbocycles. The Morgan fingerprint density at radius 1 is 1.06 bits per heavy atom. The summed E-state index contributed by atoms with van der Waals surface area (Å²) >= 11 is 0. The number of morpholine rings is 1. The lowest BCUT2D eigenvalue weighted by atomic mass is 10.2. The van der Waals surface area contributed by atoms with Gasteiger partial charge in [0.25, 0.3) is 5.91 Å². The smallest absolute Gasteiger partial charge is 0.261 e. The fourth-order valence-corrected chi connectivity index (χ4v) is 3.85. The van der Waals surface area contributed by atoms with Gasteiger partial charge in [-0.3, -0.25) is 9.48 Å². The quantitative estimate of drug-likeness (QED) is 0.580. The molecule has 1 fully saturated rings. The Labute approximate surface area is 185 Å². The third kappa shape index (κ3) is 5.31. The highest BCUT2D eigenvalue weighted by atomic mass is 19.1. The van der Waals surface area contributed by atoms with Gasteiger partial charge in [0.2, 0.25) is 5.88 Å². The summed E-state index contributed by atoms with van der Waals surface area (Å²) in [6, 6.07) is 12.3. The van der Waals surface area contributed by atoms with E-state index in [1.807, 2.05) is 13.8 Å². The van der Waals surface area contributed by atoms with Crippen molar-refractivity contribution in [2.24, 2.45) is 0 Å². The van der Waals surface area contributed by atoms with Gasteiger partial charge in [-0.25, -0.2) is 8.78 Å². The molecule has 6 nitrogen and oxygen atoms in total. The van der Waals surface area contributed by atoms with E-state index in [1.54, 1.807) is 40.0 Å². The van der Waals surface area contributed by atoms with Crippen molar-refractivity contribution in [2.45, 2.75) is 39.2 Å². The van der Waals surface area contributed by atoms with Crippen molar-refractivity contribution in [1.82, 2.24) is 14.7 Å². The molecule has 1 aliphatic rings. The Kier molecular flexibility index (Phi) is 6.50. The van der Waals surface area contributed by atoms with Crippen LogP contribution in [0.25, 0.3) is 0 Å². The molecule has 2 atom stereocenters. The molecule has 1 aliphatic heterocycles. The lowest BCUT2D eigenvalue weighted by Gasteiger charge is -2.35. The number of amides is 1. The van der Waals surface area contributed by atoms with Crippen LogP contribution in [0.2, 0.25) is 0 Å². The minimum absolute atomic E-state index is 0.0605. The van der Waals surface area contributed by atoms with Crippen LogP contribution in [0.15, 0.2) is 54.7 Å². The number of hydrogen-bond acceptors (Lipinski definition) is 4. The molecule has 1 saturated heterocycles. The van der Waals surface area contributed by atoms with Crippen LogP contribution in [0, 0.1) is 11.6 Å². The van der Waals surface area contributed by atoms with Crippen LogP contribution in [0.1, 0.15) is 35.3 Å². The van der Waals surface area contributed by atoms with Crippen LogP contribution in [0.5, 0.6) is 5.88 Å². The number of ether oxygens (including phenoxy) is 2. The predicted octanol–water partition coefficient (Wildman–Crippen LogP) is 4.04. The first-order valence-corrected chi connectivity index (χ1v) is 10.5. The van der Waals surface area contributed by atoms with E-state index in [2.05, 4.69) is 5.10 Å². The lowest BCUT2D eigenvalue weighted by Crippen LogP contribution is -2.48. The summed E-state index contributed by atoms with van der Waals surface area (Å²) in [4.78, 5) is 15.0. The number of hydrogen-bond donors (Lipinski definition) is 0. The molecule has 168 valence electrons. The molecule has 3 aromatic rings. The highest BCUT2D eigenvalue weighted by Gasteiger charge is 2.30. The third-order valence-electron chi connectivity index (χ3n) is 5.16. The molecule has 32 heavy (non-hydrogen) atoms. The Bertz CT molecular complexity index is 1090. The summed E-state index contributed by atoms with van der Waals surface area (Å²) in [5.74, 6) is -0.769. The van der Waals surface area contributed by atoms with Crippen molar-refractivity contribution in [3.8, 4) is 5.88 Å². The van der Waals surface area contributed by atoms with Gasteiger partial charge < -0.3 is 14.4 Å². The largest absolute Gasteiger partial charge is 0.471 e. The Morgan fingerprint density at radius 3 is 2.34 bits per heavy atom. The highest BCUT2D eigenvalue weighted by molar-refractivity contribution is 5.96. The van der Waals surface area contributed by atoms with Crippen molar-refractivity contribution >= 4 is 5.91 Å².